The molecule has 0 unspecified atom stereocenters. The van der Waals surface area contributed by atoms with Crippen molar-refractivity contribution >= 4 is 41.7 Å². The van der Waals surface area contributed by atoms with Crippen LogP contribution in [0.25, 0.3) is 6.08 Å². The van der Waals surface area contributed by atoms with Crippen LogP contribution in [-0.4, -0.2) is 59.6 Å². The van der Waals surface area contributed by atoms with Crippen LogP contribution >= 0.6 is 24.0 Å². The number of ether oxygens (including phenoxy) is 2. The Morgan fingerprint density at radius 1 is 1.29 bits per heavy atom. The first-order valence-electron chi connectivity index (χ1n) is 11.0. The summed E-state index contributed by atoms with van der Waals surface area (Å²) in [7, 11) is 3.23. The van der Waals surface area contributed by atoms with E-state index in [0.717, 1.165) is 16.3 Å². The molecule has 2 N–H and O–H groups in total. The number of thiazole rings is 1. The molecule has 2 bridgehead atoms. The highest BCUT2D eigenvalue weighted by Gasteiger charge is 2.33. The SMILES string of the molecule is CO[C@H]1/C=C\C=C\c2csc(n2)[C@@H](C)NC(=O)/C=C(/[C@@](C)(O)C(=O)CS)CC/C(C)=C\[C@H]1OC. The molecular weight excluding hydrogens is 472 g/mol. The van der Waals surface area contributed by atoms with Crippen LogP contribution in [0.1, 0.15) is 50.4 Å². The van der Waals surface area contributed by atoms with Crippen LogP contribution in [0.3, 0.4) is 0 Å². The molecule has 0 saturated carbocycles. The van der Waals surface area contributed by atoms with Gasteiger partial charge in [0.2, 0.25) is 5.91 Å². The van der Waals surface area contributed by atoms with E-state index >= 15 is 0 Å². The van der Waals surface area contributed by atoms with E-state index in [1.807, 2.05) is 49.6 Å². The number of ketones is 1. The van der Waals surface area contributed by atoms with E-state index in [4.69, 9.17) is 9.47 Å². The number of carbonyl (C=O) groups is 2. The maximum Gasteiger partial charge on any atom is 0.244 e. The van der Waals surface area contributed by atoms with Crippen LogP contribution in [-0.2, 0) is 19.1 Å². The molecule has 1 aromatic heterocycles. The smallest absolute Gasteiger partial charge is 0.244 e. The first-order chi connectivity index (χ1) is 16.1. The zero-order chi connectivity index (χ0) is 25.3. The number of hydrogen-bond donors (Lipinski definition) is 3. The molecular formula is C25H34N2O5S2. The minimum absolute atomic E-state index is 0.139. The maximum absolute atomic E-state index is 12.8. The predicted octanol–water partition coefficient (Wildman–Crippen LogP) is 3.84. The van der Waals surface area contributed by atoms with Gasteiger partial charge < -0.3 is 19.9 Å². The molecule has 9 heteroatoms. The lowest BCUT2D eigenvalue weighted by Crippen LogP contribution is -2.39. The molecule has 1 amide bonds. The standard InChI is InChI=1S/C25H34N2O5S2/c1-16-10-11-18(25(3,30)22(28)14-33)13-23(29)26-17(2)24-27-19(15-34-24)8-6-7-9-20(31-4)21(12-16)32-5/h6-9,12-13,15,17,20-21,30,33H,10-11,14H2,1-5H3,(H,26,29)/b8-6+,9-7-,16-12-,18-13+/t17-,20+,21-,25-/m1/s1. The Hall–Kier alpha value is -2.04. The van der Waals surface area contributed by atoms with E-state index in [1.165, 1.54) is 24.3 Å². The van der Waals surface area contributed by atoms with Gasteiger partial charge in [-0.3, -0.25) is 9.59 Å². The molecule has 34 heavy (non-hydrogen) atoms. The van der Waals surface area contributed by atoms with Crippen LogP contribution in [0.5, 0.6) is 0 Å². The van der Waals surface area contributed by atoms with Crippen molar-refractivity contribution in [2.75, 3.05) is 20.0 Å². The average molecular weight is 507 g/mol. The van der Waals surface area contributed by atoms with Crippen molar-refractivity contribution in [1.29, 1.82) is 0 Å². The van der Waals surface area contributed by atoms with Crippen LogP contribution in [0.2, 0.25) is 0 Å². The molecule has 1 aromatic rings. The van der Waals surface area contributed by atoms with Gasteiger partial charge in [0.15, 0.2) is 5.78 Å². The Kier molecular flexibility index (Phi) is 10.9. The second-order valence-electron chi connectivity index (χ2n) is 8.32. The molecule has 0 saturated heterocycles. The third-order valence-corrected chi connectivity index (χ3v) is 7.00. The van der Waals surface area contributed by atoms with E-state index in [0.29, 0.717) is 18.4 Å². The van der Waals surface area contributed by atoms with Gasteiger partial charge in [-0.2, -0.15) is 12.6 Å². The minimum Gasteiger partial charge on any atom is -0.378 e. The Labute approximate surface area is 211 Å². The molecule has 2 rings (SSSR count). The minimum atomic E-state index is -1.80. The third kappa shape index (κ3) is 7.74. The van der Waals surface area contributed by atoms with Crippen LogP contribution in [0, 0.1) is 0 Å². The number of aromatic nitrogens is 1. The monoisotopic (exact) mass is 506 g/mol. The van der Waals surface area contributed by atoms with Gasteiger partial charge in [0, 0.05) is 25.7 Å². The molecule has 7 nitrogen and oxygen atoms in total. The van der Waals surface area contributed by atoms with Crippen molar-refractivity contribution in [2.24, 2.45) is 0 Å². The summed E-state index contributed by atoms with van der Waals surface area (Å²) in [5, 5.41) is 16.5. The number of aliphatic hydroxyl groups is 1. The summed E-state index contributed by atoms with van der Waals surface area (Å²) in [5.41, 5.74) is 0.270. The second kappa shape index (κ2) is 13.2. The Morgan fingerprint density at radius 2 is 2.00 bits per heavy atom. The van der Waals surface area contributed by atoms with Crippen molar-refractivity contribution < 1.29 is 24.2 Å². The number of amides is 1. The van der Waals surface area contributed by atoms with Crippen LogP contribution < -0.4 is 5.32 Å². The summed E-state index contributed by atoms with van der Waals surface area (Å²) in [6.07, 6.45) is 11.0. The molecule has 0 aliphatic carbocycles. The third-order valence-electron chi connectivity index (χ3n) is 5.67. The van der Waals surface area contributed by atoms with Gasteiger partial charge in [0.1, 0.15) is 22.8 Å². The van der Waals surface area contributed by atoms with E-state index in [1.54, 1.807) is 14.2 Å². The molecule has 2 heterocycles. The largest absolute Gasteiger partial charge is 0.378 e. The molecule has 0 fully saturated rings. The number of nitrogens with one attached hydrogen (secondary N) is 1. The predicted molar refractivity (Wildman–Crippen MR) is 139 cm³/mol. The Balaban J connectivity index is 2.48. The first kappa shape index (κ1) is 28.2. The highest BCUT2D eigenvalue weighted by atomic mass is 32.1. The molecule has 1 aliphatic heterocycles. The molecule has 0 aromatic carbocycles. The number of hydrogen-bond acceptors (Lipinski definition) is 8. The first-order valence-corrected chi connectivity index (χ1v) is 12.5. The molecule has 1 aliphatic rings. The van der Waals surface area contributed by atoms with E-state index < -0.39 is 17.3 Å². The fourth-order valence-electron chi connectivity index (χ4n) is 3.48. The van der Waals surface area contributed by atoms with Crippen molar-refractivity contribution in [1.82, 2.24) is 10.3 Å². The lowest BCUT2D eigenvalue weighted by atomic mass is 9.87. The van der Waals surface area contributed by atoms with Gasteiger partial charge >= 0.3 is 0 Å². The van der Waals surface area contributed by atoms with Crippen molar-refractivity contribution in [3.05, 3.63) is 57.6 Å². The quantitative estimate of drug-likeness (QED) is 0.415. The topological polar surface area (TPSA) is 97.8 Å². The number of thiol groups is 1. The van der Waals surface area contributed by atoms with Gasteiger partial charge in [-0.15, -0.1) is 11.3 Å². The molecule has 0 radical (unpaired) electrons. The van der Waals surface area contributed by atoms with Crippen molar-refractivity contribution in [2.45, 2.75) is 57.5 Å². The van der Waals surface area contributed by atoms with Crippen LogP contribution in [0.15, 0.2) is 46.9 Å². The van der Waals surface area contributed by atoms with Gasteiger partial charge in [-0.05, 0) is 45.3 Å². The van der Waals surface area contributed by atoms with Crippen molar-refractivity contribution in [3.8, 4) is 0 Å². The van der Waals surface area contributed by atoms with Gasteiger partial charge in [-0.25, -0.2) is 4.98 Å². The van der Waals surface area contributed by atoms with Gasteiger partial charge in [0.25, 0.3) is 0 Å². The summed E-state index contributed by atoms with van der Waals surface area (Å²) >= 11 is 5.47. The normalized spacial score (nSPS) is 29.3. The fourth-order valence-corrected chi connectivity index (χ4v) is 4.58. The zero-order valence-corrected chi connectivity index (χ0v) is 22.0. The summed E-state index contributed by atoms with van der Waals surface area (Å²) in [5.74, 6) is -1.01. The van der Waals surface area contributed by atoms with Gasteiger partial charge in [-0.1, -0.05) is 29.9 Å². The Bertz CT molecular complexity index is 978. The maximum atomic E-state index is 12.8. The van der Waals surface area contributed by atoms with Crippen molar-refractivity contribution in [3.63, 3.8) is 0 Å². The zero-order valence-electron chi connectivity index (χ0n) is 20.3. The second-order valence-corrected chi connectivity index (χ2v) is 9.53. The Morgan fingerprint density at radius 3 is 2.65 bits per heavy atom. The van der Waals surface area contributed by atoms with E-state index in [9.17, 15) is 14.7 Å². The fraction of sp³-hybridized carbons (Fsp3) is 0.480. The molecule has 0 spiro atoms. The lowest BCUT2D eigenvalue weighted by Gasteiger charge is -2.25. The lowest BCUT2D eigenvalue weighted by molar-refractivity contribution is -0.129. The highest BCUT2D eigenvalue weighted by molar-refractivity contribution is 7.81. The number of allylic oxidation sites excluding steroid dienone is 3. The number of carbonyl (C=O) groups excluding carboxylic acids is 2. The summed E-state index contributed by atoms with van der Waals surface area (Å²) in [4.78, 5) is 29.8. The molecule has 186 valence electrons. The average Bonchev–Trinajstić information content (AvgIpc) is 3.28. The van der Waals surface area contributed by atoms with E-state index in [-0.39, 0.29) is 24.0 Å². The summed E-state index contributed by atoms with van der Waals surface area (Å²) < 4.78 is 11.2. The van der Waals surface area contributed by atoms with E-state index in [2.05, 4.69) is 22.9 Å². The number of methoxy groups -OCH3 is 2. The summed E-state index contributed by atoms with van der Waals surface area (Å²) in [6, 6.07) is -0.334. The van der Waals surface area contributed by atoms with Gasteiger partial charge in [0.05, 0.1) is 17.5 Å². The number of nitrogens with zero attached hydrogens (tertiary/aromatic N) is 1. The highest BCUT2D eigenvalue weighted by Crippen LogP contribution is 2.26. The number of fused-ring (bicyclic) bond motifs is 2. The number of rotatable bonds is 5. The molecule has 4 atom stereocenters. The summed E-state index contributed by atoms with van der Waals surface area (Å²) in [6.45, 7) is 5.19. The number of Topliss-reactive ketones (excluding diaryl/α,β-unsaturated/α-hetero) is 1. The van der Waals surface area contributed by atoms with Crippen LogP contribution in [0.4, 0.5) is 0 Å².